The summed E-state index contributed by atoms with van der Waals surface area (Å²) in [5.74, 6) is 0. The SMILES string of the molecule is CN(C)P(=O)(N(C)C)C(C)(C)[C@@H](O)c1ccccc1. The van der Waals surface area contributed by atoms with Crippen LogP contribution in [0.4, 0.5) is 0 Å². The zero-order chi connectivity index (χ0) is 14.8. The molecule has 0 aliphatic rings. The highest BCUT2D eigenvalue weighted by atomic mass is 31.2. The minimum Gasteiger partial charge on any atom is -0.387 e. The van der Waals surface area contributed by atoms with Crippen molar-refractivity contribution in [3.63, 3.8) is 0 Å². The van der Waals surface area contributed by atoms with Gasteiger partial charge >= 0.3 is 0 Å². The molecule has 1 atom stereocenters. The van der Waals surface area contributed by atoms with E-state index < -0.39 is 18.7 Å². The number of hydrogen-bond donors (Lipinski definition) is 1. The fourth-order valence-corrected chi connectivity index (χ4v) is 5.84. The third kappa shape index (κ3) is 2.77. The summed E-state index contributed by atoms with van der Waals surface area (Å²) in [7, 11) is 4.30. The molecule has 0 unspecified atom stereocenters. The van der Waals surface area contributed by atoms with Gasteiger partial charge in [-0.05, 0) is 47.6 Å². The second kappa shape index (κ2) is 5.76. The Labute approximate surface area is 116 Å². The van der Waals surface area contributed by atoms with Crippen molar-refractivity contribution in [2.45, 2.75) is 25.1 Å². The van der Waals surface area contributed by atoms with Gasteiger partial charge in [0.15, 0.2) is 0 Å². The van der Waals surface area contributed by atoms with Crippen LogP contribution in [-0.4, -0.2) is 47.8 Å². The fraction of sp³-hybridized carbons (Fsp3) is 0.571. The van der Waals surface area contributed by atoms with Gasteiger partial charge in [-0.1, -0.05) is 30.3 Å². The molecule has 0 fully saturated rings. The summed E-state index contributed by atoms with van der Waals surface area (Å²) in [6.07, 6.45) is -0.788. The molecule has 19 heavy (non-hydrogen) atoms. The van der Waals surface area contributed by atoms with Crippen LogP contribution in [0.25, 0.3) is 0 Å². The molecule has 1 aromatic carbocycles. The Morgan fingerprint density at radius 2 is 1.47 bits per heavy atom. The van der Waals surface area contributed by atoms with E-state index in [4.69, 9.17) is 0 Å². The van der Waals surface area contributed by atoms with Crippen molar-refractivity contribution in [2.75, 3.05) is 28.2 Å². The van der Waals surface area contributed by atoms with Crippen molar-refractivity contribution in [3.05, 3.63) is 35.9 Å². The zero-order valence-electron chi connectivity index (χ0n) is 12.7. The molecule has 5 heteroatoms. The van der Waals surface area contributed by atoms with Gasteiger partial charge in [0, 0.05) is 0 Å². The Bertz CT molecular complexity index is 446. The van der Waals surface area contributed by atoms with Crippen molar-refractivity contribution in [1.82, 2.24) is 9.34 Å². The lowest BCUT2D eigenvalue weighted by atomic mass is 9.98. The molecule has 0 aliphatic carbocycles. The van der Waals surface area contributed by atoms with Crippen LogP contribution in [0.5, 0.6) is 0 Å². The maximum atomic E-state index is 13.3. The van der Waals surface area contributed by atoms with E-state index in [1.165, 1.54) is 0 Å². The number of aliphatic hydroxyl groups is 1. The molecule has 0 heterocycles. The first kappa shape index (κ1) is 16.4. The van der Waals surface area contributed by atoms with Gasteiger partial charge in [0.25, 0.3) is 0 Å². The van der Waals surface area contributed by atoms with Crippen LogP contribution in [-0.2, 0) is 4.57 Å². The van der Waals surface area contributed by atoms with Crippen LogP contribution in [0.1, 0.15) is 25.5 Å². The Kier molecular flexibility index (Phi) is 4.97. The minimum absolute atomic E-state index is 0.776. The summed E-state index contributed by atoms with van der Waals surface area (Å²) in [5, 5.41) is 9.88. The molecule has 0 saturated carbocycles. The molecule has 0 aromatic heterocycles. The smallest absolute Gasteiger partial charge is 0.223 e. The van der Waals surface area contributed by atoms with Crippen LogP contribution < -0.4 is 0 Å². The van der Waals surface area contributed by atoms with Crippen LogP contribution in [0.2, 0.25) is 0 Å². The Morgan fingerprint density at radius 3 is 1.84 bits per heavy atom. The molecule has 0 amide bonds. The first-order valence-corrected chi connectivity index (χ1v) is 7.95. The lowest BCUT2D eigenvalue weighted by Gasteiger charge is -2.44. The molecule has 1 rings (SSSR count). The average Bonchev–Trinajstić information content (AvgIpc) is 2.36. The molecule has 0 spiro atoms. The van der Waals surface area contributed by atoms with Gasteiger partial charge in [-0.15, -0.1) is 0 Å². The molecular formula is C14H25N2O2P. The van der Waals surface area contributed by atoms with Gasteiger partial charge in [0.05, 0.1) is 11.3 Å². The fourth-order valence-electron chi connectivity index (χ4n) is 2.59. The second-order valence-electron chi connectivity index (χ2n) is 5.71. The van der Waals surface area contributed by atoms with Crippen LogP contribution in [0.15, 0.2) is 30.3 Å². The van der Waals surface area contributed by atoms with Gasteiger partial charge in [-0.2, -0.15) is 0 Å². The standard InChI is InChI=1S/C14H25N2O2P/c1-14(2,19(18,15(3)4)16(5)6)13(17)12-10-8-7-9-11-12/h7-11,13,17H,1-6H3/t13-/m0/s1. The molecule has 1 N–H and O–H groups in total. The Balaban J connectivity index is 3.26. The summed E-state index contributed by atoms with van der Waals surface area (Å²) < 4.78 is 16.8. The highest BCUT2D eigenvalue weighted by Gasteiger charge is 2.49. The molecule has 4 nitrogen and oxygen atoms in total. The van der Waals surface area contributed by atoms with E-state index in [1.807, 2.05) is 44.2 Å². The predicted molar refractivity (Wildman–Crippen MR) is 80.5 cm³/mol. The molecule has 0 aliphatic heterocycles. The van der Waals surface area contributed by atoms with Crippen LogP contribution in [0.3, 0.4) is 0 Å². The molecule has 1 aromatic rings. The molecular weight excluding hydrogens is 259 g/mol. The van der Waals surface area contributed by atoms with E-state index in [9.17, 15) is 9.67 Å². The zero-order valence-corrected chi connectivity index (χ0v) is 13.6. The number of rotatable bonds is 5. The van der Waals surface area contributed by atoms with Crippen molar-refractivity contribution in [1.29, 1.82) is 0 Å². The van der Waals surface area contributed by atoms with Crippen molar-refractivity contribution < 1.29 is 9.67 Å². The Morgan fingerprint density at radius 1 is 1.05 bits per heavy atom. The lowest BCUT2D eigenvalue weighted by molar-refractivity contribution is 0.131. The maximum absolute atomic E-state index is 13.3. The van der Waals surface area contributed by atoms with Crippen molar-refractivity contribution in [3.8, 4) is 0 Å². The first-order chi connectivity index (χ1) is 8.65. The van der Waals surface area contributed by atoms with E-state index in [2.05, 4.69) is 0 Å². The quantitative estimate of drug-likeness (QED) is 0.844. The van der Waals surface area contributed by atoms with E-state index in [0.29, 0.717) is 0 Å². The minimum atomic E-state index is -2.87. The molecule has 108 valence electrons. The topological polar surface area (TPSA) is 43.8 Å². The van der Waals surface area contributed by atoms with Crippen LogP contribution in [0, 0.1) is 0 Å². The van der Waals surface area contributed by atoms with E-state index in [-0.39, 0.29) is 0 Å². The number of hydrogen-bond acceptors (Lipinski definition) is 2. The highest BCUT2D eigenvalue weighted by molar-refractivity contribution is 7.60. The maximum Gasteiger partial charge on any atom is 0.223 e. The molecule has 0 bridgehead atoms. The highest BCUT2D eigenvalue weighted by Crippen LogP contribution is 2.64. The summed E-state index contributed by atoms with van der Waals surface area (Å²) in [4.78, 5) is 0. The first-order valence-electron chi connectivity index (χ1n) is 6.34. The van der Waals surface area contributed by atoms with Crippen molar-refractivity contribution in [2.24, 2.45) is 0 Å². The largest absolute Gasteiger partial charge is 0.387 e. The summed E-state index contributed by atoms with van der Waals surface area (Å²) in [6, 6.07) is 9.39. The number of benzene rings is 1. The van der Waals surface area contributed by atoms with Gasteiger partial charge in [0.2, 0.25) is 7.44 Å². The average molecular weight is 284 g/mol. The molecule has 0 saturated heterocycles. The van der Waals surface area contributed by atoms with Gasteiger partial charge < -0.3 is 5.11 Å². The third-order valence-corrected chi connectivity index (χ3v) is 7.53. The summed E-state index contributed by atoms with van der Waals surface area (Å²) in [6.45, 7) is 3.71. The lowest BCUT2D eigenvalue weighted by Crippen LogP contribution is -2.40. The molecule has 0 radical (unpaired) electrons. The third-order valence-electron chi connectivity index (χ3n) is 3.62. The number of nitrogens with zero attached hydrogens (tertiary/aromatic N) is 2. The van der Waals surface area contributed by atoms with E-state index in [0.717, 1.165) is 5.56 Å². The normalized spacial score (nSPS) is 15.0. The van der Waals surface area contributed by atoms with Crippen LogP contribution >= 0.6 is 7.44 Å². The number of aliphatic hydroxyl groups excluding tert-OH is 1. The Hall–Kier alpha value is -0.670. The van der Waals surface area contributed by atoms with E-state index in [1.54, 1.807) is 37.5 Å². The summed E-state index contributed by atoms with van der Waals surface area (Å²) in [5.41, 5.74) is 0.788. The predicted octanol–water partition coefficient (Wildman–Crippen LogP) is 2.81. The monoisotopic (exact) mass is 284 g/mol. The van der Waals surface area contributed by atoms with Gasteiger partial charge in [-0.25, -0.2) is 9.34 Å². The van der Waals surface area contributed by atoms with Gasteiger partial charge in [0.1, 0.15) is 0 Å². The van der Waals surface area contributed by atoms with Crippen molar-refractivity contribution >= 4 is 7.44 Å². The second-order valence-corrected chi connectivity index (χ2v) is 9.55. The summed E-state index contributed by atoms with van der Waals surface area (Å²) >= 11 is 0. The van der Waals surface area contributed by atoms with Gasteiger partial charge in [-0.3, -0.25) is 4.57 Å². The van der Waals surface area contributed by atoms with E-state index >= 15 is 0 Å².